The van der Waals surface area contributed by atoms with Crippen LogP contribution >= 0.6 is 0 Å². The normalized spacial score (nSPS) is 21.4. The van der Waals surface area contributed by atoms with Gasteiger partial charge in [0.2, 0.25) is 0 Å². The van der Waals surface area contributed by atoms with Gasteiger partial charge in [-0.05, 0) is 43.3 Å². The van der Waals surface area contributed by atoms with Gasteiger partial charge in [-0.2, -0.15) is 8.42 Å². The molecule has 1 aliphatic heterocycles. The number of benzene rings is 3. The van der Waals surface area contributed by atoms with E-state index in [0.29, 0.717) is 5.56 Å². The van der Waals surface area contributed by atoms with Crippen LogP contribution < -0.4 is 0 Å². The van der Waals surface area contributed by atoms with Crippen molar-refractivity contribution in [2.24, 2.45) is 0 Å². The first kappa shape index (κ1) is 26.5. The minimum atomic E-state index is -4.13. The van der Waals surface area contributed by atoms with Crippen molar-refractivity contribution < 1.29 is 41.5 Å². The zero-order chi connectivity index (χ0) is 26.4. The fourth-order valence-electron chi connectivity index (χ4n) is 3.74. The Hall–Kier alpha value is -3.57. The molecule has 0 saturated carbocycles. The van der Waals surface area contributed by atoms with E-state index in [1.54, 1.807) is 72.8 Å². The van der Waals surface area contributed by atoms with Crippen LogP contribution in [-0.2, 0) is 28.5 Å². The van der Waals surface area contributed by atoms with E-state index < -0.39 is 53.1 Å². The number of carbonyl (C=O) groups excluding carboxylic acids is 2. The molecule has 1 fully saturated rings. The number of hydrogen-bond acceptors (Lipinski definition) is 9. The van der Waals surface area contributed by atoms with Gasteiger partial charge in [-0.1, -0.05) is 54.1 Å². The molecule has 10 heteroatoms. The molecule has 3 aromatic carbocycles. The summed E-state index contributed by atoms with van der Waals surface area (Å²) in [5.74, 6) is -1.35. The van der Waals surface area contributed by atoms with E-state index in [0.717, 1.165) is 5.56 Å². The summed E-state index contributed by atoms with van der Waals surface area (Å²) in [4.78, 5) is 25.0. The molecule has 1 saturated heterocycles. The fraction of sp³-hybridized carbons (Fsp3) is 0.259. The van der Waals surface area contributed by atoms with E-state index in [4.69, 9.17) is 18.4 Å². The molecule has 1 N–H and O–H groups in total. The molecule has 0 spiro atoms. The lowest BCUT2D eigenvalue weighted by molar-refractivity contribution is -0.0481. The molecule has 1 aliphatic rings. The van der Waals surface area contributed by atoms with E-state index in [2.05, 4.69) is 0 Å². The molecule has 1 heterocycles. The second-order valence-corrected chi connectivity index (χ2v) is 10.1. The smallest absolute Gasteiger partial charge is 0.338 e. The quantitative estimate of drug-likeness (QED) is 0.331. The van der Waals surface area contributed by atoms with Gasteiger partial charge < -0.3 is 19.3 Å². The highest BCUT2D eigenvalue weighted by molar-refractivity contribution is 7.86. The largest absolute Gasteiger partial charge is 0.459 e. The molecule has 37 heavy (non-hydrogen) atoms. The maximum atomic E-state index is 12.7. The molecule has 3 aromatic rings. The minimum absolute atomic E-state index is 0.0500. The van der Waals surface area contributed by atoms with E-state index in [9.17, 15) is 23.1 Å². The Labute approximate surface area is 214 Å². The van der Waals surface area contributed by atoms with Crippen molar-refractivity contribution in [1.82, 2.24) is 0 Å². The van der Waals surface area contributed by atoms with Crippen molar-refractivity contribution in [2.45, 2.75) is 36.2 Å². The van der Waals surface area contributed by atoms with Crippen LogP contribution in [0.15, 0.2) is 89.8 Å². The summed E-state index contributed by atoms with van der Waals surface area (Å²) in [6.45, 7) is 0.931. The molecule has 3 unspecified atom stereocenters. The van der Waals surface area contributed by atoms with Crippen molar-refractivity contribution in [1.29, 1.82) is 0 Å². The molecule has 4 rings (SSSR count). The number of carbonyl (C=O) groups is 2. The van der Waals surface area contributed by atoms with E-state index in [-0.39, 0.29) is 17.1 Å². The average molecular weight is 527 g/mol. The fourth-order valence-corrected chi connectivity index (χ4v) is 4.66. The number of ether oxygens (including phenoxy) is 3. The second-order valence-electron chi connectivity index (χ2n) is 8.46. The van der Waals surface area contributed by atoms with Gasteiger partial charge >= 0.3 is 11.9 Å². The Morgan fingerprint density at radius 3 is 1.97 bits per heavy atom. The number of aryl methyl sites for hydroxylation is 1. The summed E-state index contributed by atoms with van der Waals surface area (Å²) in [5, 5.41) is 10.9. The summed E-state index contributed by atoms with van der Waals surface area (Å²) in [6.07, 6.45) is -4.92. The second kappa shape index (κ2) is 11.7. The first-order valence-corrected chi connectivity index (χ1v) is 12.9. The van der Waals surface area contributed by atoms with Gasteiger partial charge in [-0.3, -0.25) is 4.18 Å². The monoisotopic (exact) mass is 526 g/mol. The maximum Gasteiger partial charge on any atom is 0.338 e. The first-order valence-electron chi connectivity index (χ1n) is 11.5. The third-order valence-electron chi connectivity index (χ3n) is 5.77. The lowest BCUT2D eigenvalue weighted by Gasteiger charge is -2.21. The first-order chi connectivity index (χ1) is 17.7. The Morgan fingerprint density at radius 1 is 0.811 bits per heavy atom. The van der Waals surface area contributed by atoms with Gasteiger partial charge in [0.15, 0.2) is 6.10 Å². The Kier molecular flexibility index (Phi) is 8.34. The van der Waals surface area contributed by atoms with Crippen molar-refractivity contribution in [3.63, 3.8) is 0 Å². The number of esters is 2. The topological polar surface area (TPSA) is 125 Å². The van der Waals surface area contributed by atoms with Crippen molar-refractivity contribution >= 4 is 22.1 Å². The molecule has 4 atom stereocenters. The molecular weight excluding hydrogens is 500 g/mol. The Balaban J connectivity index is 1.46. The van der Waals surface area contributed by atoms with Gasteiger partial charge in [0.25, 0.3) is 10.1 Å². The number of aliphatic hydroxyl groups is 1. The Morgan fingerprint density at radius 2 is 1.38 bits per heavy atom. The lowest BCUT2D eigenvalue weighted by atomic mass is 10.1. The van der Waals surface area contributed by atoms with Crippen LogP contribution in [0.4, 0.5) is 0 Å². The van der Waals surface area contributed by atoms with Crippen LogP contribution in [0, 0.1) is 6.92 Å². The predicted molar refractivity (Wildman–Crippen MR) is 131 cm³/mol. The SMILES string of the molecule is Cc1ccc(S(=O)(=O)OCC2OC(COC(=O)c3ccccc3)[C@@H](OC(=O)c3ccccc3)C2O)cc1. The average Bonchev–Trinajstić information content (AvgIpc) is 3.21. The van der Waals surface area contributed by atoms with E-state index in [1.807, 2.05) is 6.92 Å². The van der Waals surface area contributed by atoms with E-state index in [1.165, 1.54) is 12.1 Å². The summed E-state index contributed by atoms with van der Waals surface area (Å²) in [7, 11) is -4.13. The van der Waals surface area contributed by atoms with Gasteiger partial charge in [0, 0.05) is 0 Å². The molecule has 0 amide bonds. The third kappa shape index (κ3) is 6.60. The zero-order valence-electron chi connectivity index (χ0n) is 19.9. The van der Waals surface area contributed by atoms with Crippen LogP contribution in [0.1, 0.15) is 26.3 Å². The zero-order valence-corrected chi connectivity index (χ0v) is 20.7. The minimum Gasteiger partial charge on any atom is -0.459 e. The van der Waals surface area contributed by atoms with Crippen molar-refractivity contribution in [3.05, 3.63) is 102 Å². The van der Waals surface area contributed by atoms with Crippen LogP contribution in [0.25, 0.3) is 0 Å². The molecule has 0 radical (unpaired) electrons. The highest BCUT2D eigenvalue weighted by Gasteiger charge is 2.47. The van der Waals surface area contributed by atoms with Crippen molar-refractivity contribution in [2.75, 3.05) is 13.2 Å². The number of aliphatic hydroxyl groups excluding tert-OH is 1. The van der Waals surface area contributed by atoms with Gasteiger partial charge in [-0.15, -0.1) is 0 Å². The molecule has 194 valence electrons. The van der Waals surface area contributed by atoms with Crippen molar-refractivity contribution in [3.8, 4) is 0 Å². The lowest BCUT2D eigenvalue weighted by Crippen LogP contribution is -2.40. The standard InChI is InChI=1S/C27H26O9S/c1-18-12-14-21(15-13-18)37(31,32)34-17-22-24(28)25(36-27(30)20-10-6-3-7-11-20)23(35-22)16-33-26(29)19-8-4-2-5-9-19/h2-15,22-25,28H,16-17H2,1H3/t22?,23?,24?,25-/m1/s1. The van der Waals surface area contributed by atoms with Gasteiger partial charge in [0.05, 0.1) is 22.6 Å². The maximum absolute atomic E-state index is 12.7. The highest BCUT2D eigenvalue weighted by atomic mass is 32.2. The summed E-state index contributed by atoms with van der Waals surface area (Å²) >= 11 is 0. The number of rotatable bonds is 9. The molecule has 0 bridgehead atoms. The summed E-state index contributed by atoms with van der Waals surface area (Å²) in [5.41, 5.74) is 1.43. The molecule has 0 aliphatic carbocycles. The van der Waals surface area contributed by atoms with Crippen LogP contribution in [0.2, 0.25) is 0 Å². The van der Waals surface area contributed by atoms with Gasteiger partial charge in [-0.25, -0.2) is 9.59 Å². The molecule has 9 nitrogen and oxygen atoms in total. The third-order valence-corrected chi connectivity index (χ3v) is 7.07. The van der Waals surface area contributed by atoms with Crippen LogP contribution in [-0.4, -0.2) is 63.1 Å². The number of hydrogen-bond donors (Lipinski definition) is 1. The molecule has 0 aromatic heterocycles. The Bertz CT molecular complexity index is 1310. The summed E-state index contributed by atoms with van der Waals surface area (Å²) in [6, 6.07) is 22.5. The van der Waals surface area contributed by atoms with Crippen LogP contribution in [0.5, 0.6) is 0 Å². The van der Waals surface area contributed by atoms with Gasteiger partial charge in [0.1, 0.15) is 24.9 Å². The van der Waals surface area contributed by atoms with Crippen LogP contribution in [0.3, 0.4) is 0 Å². The summed E-state index contributed by atoms with van der Waals surface area (Å²) < 4.78 is 46.9. The van der Waals surface area contributed by atoms with E-state index >= 15 is 0 Å². The molecular formula is C27H26O9S. The highest BCUT2D eigenvalue weighted by Crippen LogP contribution is 2.27. The predicted octanol–water partition coefficient (Wildman–Crippen LogP) is 2.91.